The largest absolute Gasteiger partial charge is 0.391 e. The van der Waals surface area contributed by atoms with Gasteiger partial charge >= 0.3 is 0 Å². The van der Waals surface area contributed by atoms with Crippen molar-refractivity contribution < 1.29 is 18.7 Å². The number of benzene rings is 1. The number of hydrogen-bond acceptors (Lipinski definition) is 3. The molecule has 1 aliphatic rings. The third kappa shape index (κ3) is 3.24. The molecule has 1 fully saturated rings. The van der Waals surface area contributed by atoms with Crippen LogP contribution >= 0.6 is 0 Å². The van der Waals surface area contributed by atoms with Gasteiger partial charge in [0.05, 0.1) is 24.8 Å². The van der Waals surface area contributed by atoms with Gasteiger partial charge in [0.15, 0.2) is 11.6 Å². The Bertz CT molecular complexity index is 732. The average Bonchev–Trinajstić information content (AvgIpc) is 3.08. The molecule has 2 unspecified atom stereocenters. The lowest BCUT2D eigenvalue weighted by atomic mass is 10.0. The second-order valence-electron chi connectivity index (χ2n) is 5.82. The van der Waals surface area contributed by atoms with E-state index in [0.29, 0.717) is 12.0 Å². The second-order valence-corrected chi connectivity index (χ2v) is 5.82. The van der Waals surface area contributed by atoms with E-state index in [4.69, 9.17) is 0 Å². The number of hydrogen-bond donors (Lipinski definition) is 1. The number of β-amino-alcohol motifs (C(OH)–C–C–N with tert-alkyl or cyclic N) is 1. The highest BCUT2D eigenvalue weighted by atomic mass is 19.2. The van der Waals surface area contributed by atoms with Crippen molar-refractivity contribution in [2.75, 3.05) is 6.54 Å². The smallest absolute Gasteiger partial charge is 0.227 e. The highest BCUT2D eigenvalue weighted by molar-refractivity contribution is 5.79. The minimum absolute atomic E-state index is 0.154. The summed E-state index contributed by atoms with van der Waals surface area (Å²) < 4.78 is 28.2. The van der Waals surface area contributed by atoms with E-state index in [1.54, 1.807) is 24.1 Å². The Balaban J connectivity index is 1.81. The van der Waals surface area contributed by atoms with E-state index in [1.165, 1.54) is 11.0 Å². The zero-order valence-electron chi connectivity index (χ0n) is 12.6. The van der Waals surface area contributed by atoms with Gasteiger partial charge in [0.2, 0.25) is 5.91 Å². The van der Waals surface area contributed by atoms with Gasteiger partial charge in [-0.2, -0.15) is 5.10 Å². The van der Waals surface area contributed by atoms with Crippen LogP contribution in [0.2, 0.25) is 0 Å². The van der Waals surface area contributed by atoms with Gasteiger partial charge in [-0.15, -0.1) is 0 Å². The molecule has 122 valence electrons. The molecule has 23 heavy (non-hydrogen) atoms. The summed E-state index contributed by atoms with van der Waals surface area (Å²) in [5.74, 6) is -2.06. The molecule has 1 N–H and O–H groups in total. The first kappa shape index (κ1) is 15.6. The van der Waals surface area contributed by atoms with Gasteiger partial charge in [-0.05, 0) is 29.7 Å². The van der Waals surface area contributed by atoms with Crippen LogP contribution in [0.3, 0.4) is 0 Å². The number of likely N-dealkylation sites (tertiary alicyclic amines) is 1. The van der Waals surface area contributed by atoms with Crippen molar-refractivity contribution in [3.63, 3.8) is 0 Å². The highest BCUT2D eigenvalue weighted by Crippen LogP contribution is 2.33. The molecule has 1 aromatic carbocycles. The van der Waals surface area contributed by atoms with Crippen LogP contribution in [-0.2, 0) is 18.3 Å². The first-order valence-electron chi connectivity index (χ1n) is 7.34. The van der Waals surface area contributed by atoms with E-state index >= 15 is 0 Å². The Morgan fingerprint density at radius 2 is 2.17 bits per heavy atom. The van der Waals surface area contributed by atoms with Gasteiger partial charge in [0.25, 0.3) is 0 Å². The molecular weight excluding hydrogens is 304 g/mol. The Morgan fingerprint density at radius 3 is 2.83 bits per heavy atom. The minimum Gasteiger partial charge on any atom is -0.391 e. The van der Waals surface area contributed by atoms with E-state index in [0.717, 1.165) is 17.7 Å². The third-order valence-corrected chi connectivity index (χ3v) is 4.04. The van der Waals surface area contributed by atoms with Crippen molar-refractivity contribution >= 4 is 5.91 Å². The van der Waals surface area contributed by atoms with Crippen molar-refractivity contribution in [1.82, 2.24) is 14.7 Å². The molecule has 3 rings (SSSR count). The fourth-order valence-electron chi connectivity index (χ4n) is 2.96. The lowest BCUT2D eigenvalue weighted by molar-refractivity contribution is -0.131. The molecule has 1 amide bonds. The summed E-state index contributed by atoms with van der Waals surface area (Å²) in [6.07, 6.45) is 3.14. The summed E-state index contributed by atoms with van der Waals surface area (Å²) in [4.78, 5) is 14.0. The molecule has 1 saturated heterocycles. The van der Waals surface area contributed by atoms with Crippen LogP contribution in [0.25, 0.3) is 0 Å². The second kappa shape index (κ2) is 6.08. The predicted octanol–water partition coefficient (Wildman–Crippen LogP) is 1.58. The normalized spacial score (nSPS) is 21.0. The van der Waals surface area contributed by atoms with Crippen LogP contribution in [0.15, 0.2) is 30.6 Å². The van der Waals surface area contributed by atoms with Crippen LogP contribution in [-0.4, -0.2) is 38.3 Å². The van der Waals surface area contributed by atoms with Gasteiger partial charge < -0.3 is 10.0 Å². The molecule has 0 spiro atoms. The summed E-state index contributed by atoms with van der Waals surface area (Å²) in [6, 6.07) is 3.12. The van der Waals surface area contributed by atoms with Gasteiger partial charge in [0.1, 0.15) is 0 Å². The monoisotopic (exact) mass is 321 g/mol. The number of aromatic nitrogens is 2. The van der Waals surface area contributed by atoms with Crippen molar-refractivity contribution in [3.8, 4) is 0 Å². The summed E-state index contributed by atoms with van der Waals surface area (Å²) in [5.41, 5.74) is 1.25. The van der Waals surface area contributed by atoms with Gasteiger partial charge in [0, 0.05) is 19.8 Å². The van der Waals surface area contributed by atoms with Crippen LogP contribution in [0.5, 0.6) is 0 Å². The Morgan fingerprint density at radius 1 is 1.39 bits per heavy atom. The van der Waals surface area contributed by atoms with Crippen LogP contribution in [0.1, 0.15) is 23.6 Å². The van der Waals surface area contributed by atoms with E-state index in [-0.39, 0.29) is 18.9 Å². The Kier molecular flexibility index (Phi) is 4.12. The van der Waals surface area contributed by atoms with Crippen molar-refractivity contribution in [2.24, 2.45) is 7.05 Å². The van der Waals surface area contributed by atoms with E-state index in [9.17, 15) is 18.7 Å². The molecule has 1 aliphatic heterocycles. The molecular formula is C16H17F2N3O2. The van der Waals surface area contributed by atoms with Gasteiger partial charge in [-0.25, -0.2) is 8.78 Å². The molecule has 2 atom stereocenters. The van der Waals surface area contributed by atoms with Gasteiger partial charge in [-0.1, -0.05) is 6.07 Å². The minimum atomic E-state index is -0.955. The molecule has 0 aliphatic carbocycles. The number of aliphatic hydroxyl groups is 1. The van der Waals surface area contributed by atoms with E-state index in [1.807, 2.05) is 0 Å². The van der Waals surface area contributed by atoms with Crippen LogP contribution in [0.4, 0.5) is 8.78 Å². The third-order valence-electron chi connectivity index (χ3n) is 4.04. The van der Waals surface area contributed by atoms with Crippen molar-refractivity contribution in [3.05, 3.63) is 53.4 Å². The average molecular weight is 321 g/mol. The highest BCUT2D eigenvalue weighted by Gasteiger charge is 2.35. The number of nitrogens with zero attached hydrogens (tertiary/aromatic N) is 3. The molecule has 2 aromatic rings. The van der Waals surface area contributed by atoms with E-state index in [2.05, 4.69) is 5.10 Å². The lowest BCUT2D eigenvalue weighted by Crippen LogP contribution is -2.33. The van der Waals surface area contributed by atoms with E-state index < -0.39 is 23.8 Å². The van der Waals surface area contributed by atoms with Crippen LogP contribution in [0, 0.1) is 11.6 Å². The van der Waals surface area contributed by atoms with Crippen molar-refractivity contribution in [1.29, 1.82) is 0 Å². The molecule has 0 bridgehead atoms. The fourth-order valence-corrected chi connectivity index (χ4v) is 2.96. The van der Waals surface area contributed by atoms with Gasteiger partial charge in [-0.3, -0.25) is 9.48 Å². The number of rotatable bonds is 3. The summed E-state index contributed by atoms with van der Waals surface area (Å²) in [5, 5.41) is 13.9. The standard InChI is InChI=1S/C16H17F2N3O2/c1-20-8-10(7-19-20)4-16(23)21-9-12(22)6-15(21)11-2-3-13(17)14(18)5-11/h2-3,5,7-8,12,15,22H,4,6,9H2,1H3. The Labute approximate surface area is 132 Å². The number of amides is 1. The number of aliphatic hydroxyl groups excluding tert-OH is 1. The number of carbonyl (C=O) groups excluding carboxylic acids is 1. The predicted molar refractivity (Wildman–Crippen MR) is 78.3 cm³/mol. The molecule has 7 heteroatoms. The Hall–Kier alpha value is -2.28. The quantitative estimate of drug-likeness (QED) is 0.934. The fraction of sp³-hybridized carbons (Fsp3) is 0.375. The SMILES string of the molecule is Cn1cc(CC(=O)N2CC(O)CC2c2ccc(F)c(F)c2)cn1. The zero-order valence-corrected chi connectivity index (χ0v) is 12.6. The summed E-state index contributed by atoms with van der Waals surface area (Å²) in [7, 11) is 1.76. The first-order chi connectivity index (χ1) is 10.9. The maximum absolute atomic E-state index is 13.5. The number of halogens is 2. The summed E-state index contributed by atoms with van der Waals surface area (Å²) in [6.45, 7) is 0.183. The molecule has 0 saturated carbocycles. The number of carbonyl (C=O) groups is 1. The lowest BCUT2D eigenvalue weighted by Gasteiger charge is -2.24. The van der Waals surface area contributed by atoms with Crippen LogP contribution < -0.4 is 0 Å². The first-order valence-corrected chi connectivity index (χ1v) is 7.34. The summed E-state index contributed by atoms with van der Waals surface area (Å²) >= 11 is 0. The topological polar surface area (TPSA) is 58.4 Å². The number of aryl methyl sites for hydroxylation is 1. The maximum atomic E-state index is 13.5. The molecule has 0 radical (unpaired) electrons. The molecule has 2 heterocycles. The maximum Gasteiger partial charge on any atom is 0.227 e. The molecule has 1 aromatic heterocycles. The van der Waals surface area contributed by atoms with Crippen molar-refractivity contribution in [2.45, 2.75) is 25.0 Å². The zero-order chi connectivity index (χ0) is 16.6. The molecule has 5 nitrogen and oxygen atoms in total.